The van der Waals surface area contributed by atoms with E-state index in [0.29, 0.717) is 5.76 Å². The van der Waals surface area contributed by atoms with E-state index in [9.17, 15) is 5.11 Å². The summed E-state index contributed by atoms with van der Waals surface area (Å²) in [6, 6.07) is 0. The normalized spacial score (nSPS) is 25.0. The summed E-state index contributed by atoms with van der Waals surface area (Å²) in [5.74, 6) is 0.875. The summed E-state index contributed by atoms with van der Waals surface area (Å²) >= 11 is 0. The minimum absolute atomic E-state index is 0.182. The van der Waals surface area contributed by atoms with Crippen LogP contribution in [0.15, 0.2) is 35.3 Å². The Labute approximate surface area is 71.9 Å². The maximum atomic E-state index is 9.38. The van der Waals surface area contributed by atoms with Gasteiger partial charge in [0.1, 0.15) is 5.60 Å². The molecule has 12 heavy (non-hydrogen) atoms. The largest absolute Gasteiger partial charge is 0.504 e. The van der Waals surface area contributed by atoms with Crippen LogP contribution in [0, 0.1) is 0 Å². The Balaban J connectivity index is 2.40. The summed E-state index contributed by atoms with van der Waals surface area (Å²) in [5.41, 5.74) is 0.825. The van der Waals surface area contributed by atoms with E-state index in [0.717, 1.165) is 12.0 Å². The number of allylic oxidation sites excluding steroid dienone is 2. The Bertz CT molecular complexity index is 306. The van der Waals surface area contributed by atoms with Gasteiger partial charge in [-0.2, -0.15) is 0 Å². The van der Waals surface area contributed by atoms with Crippen LogP contribution in [0.5, 0.6) is 0 Å². The lowest BCUT2D eigenvalue weighted by Crippen LogP contribution is -2.26. The van der Waals surface area contributed by atoms with Crippen LogP contribution in [0.3, 0.4) is 0 Å². The standard InChI is InChI=1S/C10H12O2/c1-10(2)6-5-7-3-4-8(11)9(7)12-10/h3-5,11H,6H2,1-2H3. The number of fused-ring (bicyclic) bond motifs is 1. The lowest BCUT2D eigenvalue weighted by Gasteiger charge is -2.30. The molecule has 0 aromatic heterocycles. The first kappa shape index (κ1) is 7.47. The van der Waals surface area contributed by atoms with Crippen molar-refractivity contribution in [3.63, 3.8) is 0 Å². The SMILES string of the molecule is CC1(C)CC=C2C=CC(O)=C2O1. The van der Waals surface area contributed by atoms with Crippen molar-refractivity contribution in [3.05, 3.63) is 35.3 Å². The lowest BCUT2D eigenvalue weighted by molar-refractivity contribution is 0.0301. The van der Waals surface area contributed by atoms with Gasteiger partial charge in [-0.15, -0.1) is 0 Å². The molecule has 0 bridgehead atoms. The molecule has 0 aromatic carbocycles. The highest BCUT2D eigenvalue weighted by molar-refractivity contribution is 5.49. The zero-order valence-corrected chi connectivity index (χ0v) is 7.29. The Kier molecular flexibility index (Phi) is 1.34. The molecule has 0 fully saturated rings. The van der Waals surface area contributed by atoms with Gasteiger partial charge in [-0.3, -0.25) is 0 Å². The number of hydrogen-bond donors (Lipinski definition) is 1. The van der Waals surface area contributed by atoms with Crippen LogP contribution in [-0.4, -0.2) is 10.7 Å². The van der Waals surface area contributed by atoms with E-state index >= 15 is 0 Å². The van der Waals surface area contributed by atoms with Crippen molar-refractivity contribution in [1.82, 2.24) is 0 Å². The van der Waals surface area contributed by atoms with Gasteiger partial charge in [-0.05, 0) is 26.0 Å². The van der Waals surface area contributed by atoms with Gasteiger partial charge in [0.25, 0.3) is 0 Å². The number of ether oxygens (including phenoxy) is 1. The Morgan fingerprint density at radius 2 is 2.17 bits per heavy atom. The van der Waals surface area contributed by atoms with Gasteiger partial charge in [-0.1, -0.05) is 6.08 Å². The van der Waals surface area contributed by atoms with Crippen LogP contribution in [0.2, 0.25) is 0 Å². The summed E-state index contributed by atoms with van der Waals surface area (Å²) in [7, 11) is 0. The number of aliphatic hydroxyl groups is 1. The van der Waals surface area contributed by atoms with Crippen LogP contribution < -0.4 is 0 Å². The molecular formula is C10H12O2. The third-order valence-corrected chi connectivity index (χ3v) is 2.11. The molecule has 64 valence electrons. The van der Waals surface area contributed by atoms with E-state index in [2.05, 4.69) is 6.08 Å². The fourth-order valence-electron chi connectivity index (χ4n) is 1.41. The molecule has 0 saturated carbocycles. The minimum atomic E-state index is -0.182. The number of rotatable bonds is 0. The molecule has 2 nitrogen and oxygen atoms in total. The average Bonchev–Trinajstić information content (AvgIpc) is 2.31. The zero-order chi connectivity index (χ0) is 8.77. The van der Waals surface area contributed by atoms with Crippen molar-refractivity contribution in [2.75, 3.05) is 0 Å². The van der Waals surface area contributed by atoms with E-state index in [-0.39, 0.29) is 11.4 Å². The van der Waals surface area contributed by atoms with E-state index in [1.165, 1.54) is 0 Å². The molecule has 0 spiro atoms. The first-order valence-corrected chi connectivity index (χ1v) is 4.09. The summed E-state index contributed by atoms with van der Waals surface area (Å²) < 4.78 is 5.61. The highest BCUT2D eigenvalue weighted by Gasteiger charge is 2.29. The molecule has 0 saturated heterocycles. The highest BCUT2D eigenvalue weighted by atomic mass is 16.5. The smallest absolute Gasteiger partial charge is 0.168 e. The maximum Gasteiger partial charge on any atom is 0.168 e. The Morgan fingerprint density at radius 3 is 2.92 bits per heavy atom. The van der Waals surface area contributed by atoms with Gasteiger partial charge in [0.2, 0.25) is 0 Å². The molecule has 1 aliphatic carbocycles. The molecule has 0 unspecified atom stereocenters. The van der Waals surface area contributed by atoms with Crippen LogP contribution in [0.25, 0.3) is 0 Å². The van der Waals surface area contributed by atoms with E-state index in [1.807, 2.05) is 19.9 Å². The predicted octanol–water partition coefficient (Wildman–Crippen LogP) is 2.45. The third-order valence-electron chi connectivity index (χ3n) is 2.11. The van der Waals surface area contributed by atoms with E-state index < -0.39 is 0 Å². The van der Waals surface area contributed by atoms with Crippen LogP contribution in [0.4, 0.5) is 0 Å². The molecule has 2 rings (SSSR count). The predicted molar refractivity (Wildman–Crippen MR) is 46.7 cm³/mol. The molecule has 2 heteroatoms. The molecular weight excluding hydrogens is 152 g/mol. The van der Waals surface area contributed by atoms with Crippen molar-refractivity contribution < 1.29 is 9.84 Å². The molecule has 0 radical (unpaired) electrons. The first-order valence-electron chi connectivity index (χ1n) is 4.09. The molecule has 0 amide bonds. The number of hydrogen-bond acceptors (Lipinski definition) is 2. The monoisotopic (exact) mass is 164 g/mol. The van der Waals surface area contributed by atoms with Gasteiger partial charge in [0.05, 0.1) is 0 Å². The van der Waals surface area contributed by atoms with Crippen molar-refractivity contribution in [2.24, 2.45) is 0 Å². The molecule has 1 aliphatic heterocycles. The Morgan fingerprint density at radius 1 is 1.42 bits per heavy atom. The summed E-state index contributed by atoms with van der Waals surface area (Å²) in [5, 5.41) is 9.38. The molecule has 0 atom stereocenters. The second kappa shape index (κ2) is 2.16. The van der Waals surface area contributed by atoms with Gasteiger partial charge in [0.15, 0.2) is 11.5 Å². The van der Waals surface area contributed by atoms with Gasteiger partial charge in [0, 0.05) is 12.0 Å². The second-order valence-electron chi connectivity index (χ2n) is 3.77. The second-order valence-corrected chi connectivity index (χ2v) is 3.77. The molecule has 1 N–H and O–H groups in total. The van der Waals surface area contributed by atoms with E-state index in [1.54, 1.807) is 6.08 Å². The molecule has 1 heterocycles. The average molecular weight is 164 g/mol. The number of aliphatic hydroxyl groups excluding tert-OH is 1. The summed E-state index contributed by atoms with van der Waals surface area (Å²) in [6.45, 7) is 4.03. The summed E-state index contributed by atoms with van der Waals surface area (Å²) in [4.78, 5) is 0. The molecule has 2 aliphatic rings. The van der Waals surface area contributed by atoms with Crippen LogP contribution >= 0.6 is 0 Å². The lowest BCUT2D eigenvalue weighted by atomic mass is 9.99. The van der Waals surface area contributed by atoms with E-state index in [4.69, 9.17) is 4.74 Å². The van der Waals surface area contributed by atoms with Crippen molar-refractivity contribution in [1.29, 1.82) is 0 Å². The van der Waals surface area contributed by atoms with Gasteiger partial charge >= 0.3 is 0 Å². The topological polar surface area (TPSA) is 29.5 Å². The quantitative estimate of drug-likeness (QED) is 0.596. The molecule has 0 aromatic rings. The third kappa shape index (κ3) is 1.04. The van der Waals surface area contributed by atoms with Crippen molar-refractivity contribution >= 4 is 0 Å². The van der Waals surface area contributed by atoms with Crippen LogP contribution in [0.1, 0.15) is 20.3 Å². The highest BCUT2D eigenvalue weighted by Crippen LogP contribution is 2.35. The zero-order valence-electron chi connectivity index (χ0n) is 7.29. The van der Waals surface area contributed by atoms with Gasteiger partial charge < -0.3 is 9.84 Å². The van der Waals surface area contributed by atoms with Gasteiger partial charge in [-0.25, -0.2) is 0 Å². The van der Waals surface area contributed by atoms with Crippen LogP contribution in [-0.2, 0) is 4.74 Å². The summed E-state index contributed by atoms with van der Waals surface area (Å²) in [6.07, 6.45) is 6.53. The fourth-order valence-corrected chi connectivity index (χ4v) is 1.41. The first-order chi connectivity index (χ1) is 5.58. The van der Waals surface area contributed by atoms with Crippen molar-refractivity contribution in [2.45, 2.75) is 25.9 Å². The minimum Gasteiger partial charge on any atom is -0.504 e. The van der Waals surface area contributed by atoms with Crippen molar-refractivity contribution in [3.8, 4) is 0 Å². The fraction of sp³-hybridized carbons (Fsp3) is 0.400. The Hall–Kier alpha value is -1.18. The maximum absolute atomic E-state index is 9.38.